The van der Waals surface area contributed by atoms with Gasteiger partial charge in [-0.2, -0.15) is 0 Å². The average molecular weight is 236 g/mol. The van der Waals surface area contributed by atoms with Crippen molar-refractivity contribution in [3.05, 3.63) is 53.1 Å². The summed E-state index contributed by atoms with van der Waals surface area (Å²) >= 11 is 5.84. The fourth-order valence-electron chi connectivity index (χ4n) is 1.41. The zero-order valence-electron chi connectivity index (χ0n) is 8.15. The molecule has 1 heterocycles. The smallest absolute Gasteiger partial charge is 0.151 e. The average Bonchev–Trinajstić information content (AvgIpc) is 2.32. The van der Waals surface area contributed by atoms with Crippen LogP contribution in [-0.2, 0) is 0 Å². The normalized spacial score (nSPS) is 10.1. The number of hydrogen-bond acceptors (Lipinski definition) is 2. The SMILES string of the molecule is O=Cc1cc(F)c(-c2ccncc2)cc1Cl. The van der Waals surface area contributed by atoms with Crippen molar-refractivity contribution < 1.29 is 9.18 Å². The third-order valence-electron chi connectivity index (χ3n) is 2.20. The summed E-state index contributed by atoms with van der Waals surface area (Å²) in [6, 6.07) is 5.92. The first-order chi connectivity index (χ1) is 7.72. The van der Waals surface area contributed by atoms with E-state index in [1.165, 1.54) is 6.07 Å². The van der Waals surface area contributed by atoms with Crippen molar-refractivity contribution in [3.63, 3.8) is 0 Å². The van der Waals surface area contributed by atoms with Gasteiger partial charge >= 0.3 is 0 Å². The summed E-state index contributed by atoms with van der Waals surface area (Å²) in [4.78, 5) is 14.4. The molecule has 0 aliphatic carbocycles. The Hall–Kier alpha value is -1.74. The summed E-state index contributed by atoms with van der Waals surface area (Å²) in [6.45, 7) is 0. The molecule has 1 aromatic carbocycles. The van der Waals surface area contributed by atoms with E-state index in [9.17, 15) is 9.18 Å². The molecule has 0 amide bonds. The lowest BCUT2D eigenvalue weighted by molar-refractivity contribution is 0.112. The van der Waals surface area contributed by atoms with Crippen molar-refractivity contribution in [3.8, 4) is 11.1 Å². The van der Waals surface area contributed by atoms with Gasteiger partial charge in [-0.05, 0) is 29.8 Å². The number of hydrogen-bond donors (Lipinski definition) is 0. The van der Waals surface area contributed by atoms with Gasteiger partial charge in [-0.15, -0.1) is 0 Å². The molecular formula is C12H7ClFNO. The van der Waals surface area contributed by atoms with Crippen molar-refractivity contribution in [2.75, 3.05) is 0 Å². The Morgan fingerprint density at radius 2 is 1.94 bits per heavy atom. The standard InChI is InChI=1S/C12H7ClFNO/c13-11-6-10(8-1-3-15-4-2-8)12(14)5-9(11)7-16/h1-7H. The Morgan fingerprint density at radius 1 is 1.25 bits per heavy atom. The van der Waals surface area contributed by atoms with Gasteiger partial charge in [0.2, 0.25) is 0 Å². The van der Waals surface area contributed by atoms with Gasteiger partial charge in [-0.1, -0.05) is 11.6 Å². The minimum Gasteiger partial charge on any atom is -0.298 e. The lowest BCUT2D eigenvalue weighted by atomic mass is 10.0. The zero-order chi connectivity index (χ0) is 11.5. The van der Waals surface area contributed by atoms with E-state index in [0.717, 1.165) is 6.07 Å². The highest BCUT2D eigenvalue weighted by atomic mass is 35.5. The molecular weight excluding hydrogens is 229 g/mol. The third kappa shape index (κ3) is 1.95. The minimum atomic E-state index is -0.474. The van der Waals surface area contributed by atoms with Crippen LogP contribution < -0.4 is 0 Å². The summed E-state index contributed by atoms with van der Waals surface area (Å²) in [5, 5.41) is 0.239. The molecule has 16 heavy (non-hydrogen) atoms. The van der Waals surface area contributed by atoms with Gasteiger partial charge in [-0.25, -0.2) is 4.39 Å². The Kier molecular flexibility index (Phi) is 2.97. The van der Waals surface area contributed by atoms with E-state index in [-0.39, 0.29) is 10.6 Å². The van der Waals surface area contributed by atoms with Crippen molar-refractivity contribution in [1.82, 2.24) is 4.98 Å². The molecule has 0 fully saturated rings. The van der Waals surface area contributed by atoms with Crippen LogP contribution in [-0.4, -0.2) is 11.3 Å². The molecule has 2 nitrogen and oxygen atoms in total. The monoisotopic (exact) mass is 235 g/mol. The number of aromatic nitrogens is 1. The Labute approximate surface area is 96.7 Å². The molecule has 0 unspecified atom stereocenters. The highest BCUT2D eigenvalue weighted by molar-refractivity contribution is 6.33. The molecule has 0 atom stereocenters. The molecule has 2 aromatic rings. The van der Waals surface area contributed by atoms with Gasteiger partial charge in [0.15, 0.2) is 6.29 Å². The molecule has 1 aromatic heterocycles. The third-order valence-corrected chi connectivity index (χ3v) is 2.53. The van der Waals surface area contributed by atoms with Crippen LogP contribution in [0.5, 0.6) is 0 Å². The molecule has 0 saturated carbocycles. The number of aldehydes is 1. The second kappa shape index (κ2) is 4.41. The van der Waals surface area contributed by atoms with E-state index in [1.54, 1.807) is 24.5 Å². The van der Waals surface area contributed by atoms with Crippen LogP contribution in [0.1, 0.15) is 10.4 Å². The maximum absolute atomic E-state index is 13.7. The van der Waals surface area contributed by atoms with Gasteiger partial charge in [0.25, 0.3) is 0 Å². The second-order valence-corrected chi connectivity index (χ2v) is 3.61. The lowest BCUT2D eigenvalue weighted by Gasteiger charge is -2.05. The number of rotatable bonds is 2. The van der Waals surface area contributed by atoms with E-state index >= 15 is 0 Å². The van der Waals surface area contributed by atoms with Crippen molar-refractivity contribution in [1.29, 1.82) is 0 Å². The summed E-state index contributed by atoms with van der Waals surface area (Å²) in [5.41, 5.74) is 1.18. The highest BCUT2D eigenvalue weighted by Gasteiger charge is 2.09. The van der Waals surface area contributed by atoms with Crippen LogP contribution in [0.2, 0.25) is 5.02 Å². The van der Waals surface area contributed by atoms with Gasteiger partial charge in [-0.3, -0.25) is 9.78 Å². The van der Waals surface area contributed by atoms with E-state index in [1.807, 2.05) is 0 Å². The molecule has 0 spiro atoms. The fraction of sp³-hybridized carbons (Fsp3) is 0. The van der Waals surface area contributed by atoms with Crippen LogP contribution in [0.25, 0.3) is 11.1 Å². The molecule has 0 saturated heterocycles. The predicted molar refractivity (Wildman–Crippen MR) is 60.0 cm³/mol. The van der Waals surface area contributed by atoms with Crippen LogP contribution in [0.3, 0.4) is 0 Å². The Bertz CT molecular complexity index is 528. The van der Waals surface area contributed by atoms with Gasteiger partial charge < -0.3 is 0 Å². The first-order valence-electron chi connectivity index (χ1n) is 4.57. The molecule has 80 valence electrons. The lowest BCUT2D eigenvalue weighted by Crippen LogP contribution is -1.90. The molecule has 0 bridgehead atoms. The summed E-state index contributed by atoms with van der Waals surface area (Å²) in [7, 11) is 0. The van der Waals surface area contributed by atoms with Crippen LogP contribution in [0, 0.1) is 5.82 Å². The van der Waals surface area contributed by atoms with Crippen LogP contribution in [0.15, 0.2) is 36.7 Å². The number of benzene rings is 1. The molecule has 0 aliphatic heterocycles. The Morgan fingerprint density at radius 3 is 2.56 bits per heavy atom. The van der Waals surface area contributed by atoms with Crippen molar-refractivity contribution >= 4 is 17.9 Å². The van der Waals surface area contributed by atoms with Crippen LogP contribution >= 0.6 is 11.6 Å². The first-order valence-corrected chi connectivity index (χ1v) is 4.95. The van der Waals surface area contributed by atoms with Gasteiger partial charge in [0.05, 0.1) is 5.02 Å². The van der Waals surface area contributed by atoms with Crippen molar-refractivity contribution in [2.45, 2.75) is 0 Å². The van der Waals surface area contributed by atoms with E-state index in [4.69, 9.17) is 11.6 Å². The quantitative estimate of drug-likeness (QED) is 0.747. The predicted octanol–water partition coefficient (Wildman–Crippen LogP) is 3.35. The fourth-order valence-corrected chi connectivity index (χ4v) is 1.61. The number of pyridine rings is 1. The second-order valence-electron chi connectivity index (χ2n) is 3.21. The van der Waals surface area contributed by atoms with Crippen molar-refractivity contribution in [2.24, 2.45) is 0 Å². The molecule has 2 rings (SSSR count). The summed E-state index contributed by atoms with van der Waals surface area (Å²) in [5.74, 6) is -0.474. The number of carbonyl (C=O) groups is 1. The minimum absolute atomic E-state index is 0.150. The zero-order valence-corrected chi connectivity index (χ0v) is 8.91. The largest absolute Gasteiger partial charge is 0.298 e. The maximum Gasteiger partial charge on any atom is 0.151 e. The topological polar surface area (TPSA) is 30.0 Å². The summed E-state index contributed by atoms with van der Waals surface area (Å²) in [6.07, 6.45) is 3.66. The van der Waals surface area contributed by atoms with E-state index in [0.29, 0.717) is 17.4 Å². The molecule has 0 aliphatic rings. The van der Waals surface area contributed by atoms with Gasteiger partial charge in [0.1, 0.15) is 5.82 Å². The number of carbonyl (C=O) groups excluding carboxylic acids is 1. The number of nitrogens with zero attached hydrogens (tertiary/aromatic N) is 1. The maximum atomic E-state index is 13.7. The molecule has 0 radical (unpaired) electrons. The van der Waals surface area contributed by atoms with Crippen LogP contribution in [0.4, 0.5) is 4.39 Å². The first kappa shape index (κ1) is 10.8. The number of halogens is 2. The summed E-state index contributed by atoms with van der Waals surface area (Å²) < 4.78 is 13.7. The Balaban J connectivity index is 2.59. The van der Waals surface area contributed by atoms with Gasteiger partial charge in [0, 0.05) is 23.5 Å². The molecule has 4 heteroatoms. The molecule has 0 N–H and O–H groups in total. The van der Waals surface area contributed by atoms with E-state index < -0.39 is 5.82 Å². The highest BCUT2D eigenvalue weighted by Crippen LogP contribution is 2.27. The van der Waals surface area contributed by atoms with E-state index in [2.05, 4.69) is 4.98 Å².